The monoisotopic (exact) mass is 133 g/mol. The predicted octanol–water partition coefficient (Wildman–Crippen LogP) is -0.303. The van der Waals surface area contributed by atoms with E-state index in [0.717, 1.165) is 0 Å². The molecule has 0 aromatic heterocycles. The summed E-state index contributed by atoms with van der Waals surface area (Å²) in [7, 11) is -0.449. The zero-order chi connectivity index (χ0) is 6.41. The number of carbonyl (C=O) groups is 1. The summed E-state index contributed by atoms with van der Waals surface area (Å²) in [6.45, 7) is -0.220. The number of hydrogen-bond acceptors (Lipinski definition) is 4. The molecule has 0 rings (SSSR count). The molecule has 0 aliphatic rings. The standard InChI is InChI=1S/C3H4NO3P/c4-1-3(5)7-2-8-6/h1,4H2. The van der Waals surface area contributed by atoms with E-state index in [-0.39, 0.29) is 6.54 Å². The van der Waals surface area contributed by atoms with Crippen LogP contribution in [-0.2, 0) is 14.1 Å². The third-order valence-electron chi connectivity index (χ3n) is 0.363. The van der Waals surface area contributed by atoms with E-state index in [1.165, 1.54) is 0 Å². The van der Waals surface area contributed by atoms with Crippen molar-refractivity contribution in [2.45, 2.75) is 0 Å². The van der Waals surface area contributed by atoms with Crippen molar-refractivity contribution in [2.75, 3.05) is 6.54 Å². The molecule has 4 nitrogen and oxygen atoms in total. The Kier molecular flexibility index (Phi) is 4.27. The predicted molar refractivity (Wildman–Crippen MR) is 26.6 cm³/mol. The Morgan fingerprint density at radius 2 is 2.50 bits per heavy atom. The molecule has 2 N–H and O–H groups in total. The van der Waals surface area contributed by atoms with Crippen LogP contribution in [0.3, 0.4) is 0 Å². The first-order chi connectivity index (χ1) is 3.81. The van der Waals surface area contributed by atoms with Crippen LogP contribution >= 0.6 is 7.92 Å². The van der Waals surface area contributed by atoms with Crippen LogP contribution in [0, 0.1) is 5.81 Å². The van der Waals surface area contributed by atoms with Crippen molar-refractivity contribution in [2.24, 2.45) is 5.73 Å². The first-order valence-corrected chi connectivity index (χ1v) is 2.59. The number of rotatable bonds is 1. The van der Waals surface area contributed by atoms with Gasteiger partial charge in [-0.2, -0.15) is 0 Å². The van der Waals surface area contributed by atoms with Gasteiger partial charge in [-0.3, -0.25) is 0 Å². The summed E-state index contributed by atoms with van der Waals surface area (Å²) in [6, 6.07) is 0. The zero-order valence-electron chi connectivity index (χ0n) is 3.96. The van der Waals surface area contributed by atoms with Gasteiger partial charge in [0.1, 0.15) is 0 Å². The Morgan fingerprint density at radius 1 is 1.88 bits per heavy atom. The van der Waals surface area contributed by atoms with Crippen LogP contribution < -0.4 is 5.73 Å². The van der Waals surface area contributed by atoms with Crippen LogP contribution in [0.5, 0.6) is 0 Å². The minimum atomic E-state index is -0.645. The van der Waals surface area contributed by atoms with Crippen LogP contribution in [0.2, 0.25) is 0 Å². The fourth-order valence-corrected chi connectivity index (χ4v) is 0.250. The van der Waals surface area contributed by atoms with E-state index in [4.69, 9.17) is 5.73 Å². The molecule has 0 aromatic carbocycles. The Balaban J connectivity index is 3.50. The van der Waals surface area contributed by atoms with Crippen molar-refractivity contribution in [1.29, 1.82) is 0 Å². The summed E-state index contributed by atoms with van der Waals surface area (Å²) < 4.78 is 13.5. The van der Waals surface area contributed by atoms with Crippen LogP contribution in [0.4, 0.5) is 0 Å². The quantitative estimate of drug-likeness (QED) is 0.393. The summed E-state index contributed by atoms with van der Waals surface area (Å²) in [5.74, 6) is 1.14. The van der Waals surface area contributed by atoms with E-state index < -0.39 is 13.9 Å². The fraction of sp³-hybridized carbons (Fsp3) is 0.333. The number of hydrogen-bond donors (Lipinski definition) is 1. The first-order valence-electron chi connectivity index (χ1n) is 1.78. The maximum atomic E-state index is 10.0. The Morgan fingerprint density at radius 3 is 2.88 bits per heavy atom. The second-order valence-electron chi connectivity index (χ2n) is 0.861. The van der Waals surface area contributed by atoms with Gasteiger partial charge in [-0.25, -0.2) is 0 Å². The van der Waals surface area contributed by atoms with Gasteiger partial charge in [-0.15, -0.1) is 0 Å². The second kappa shape index (κ2) is 4.60. The number of carbonyl (C=O) groups excluding carboxylic acids is 1. The molecule has 0 aliphatic carbocycles. The summed E-state index contributed by atoms with van der Waals surface area (Å²) >= 11 is 0. The fourth-order valence-electron chi connectivity index (χ4n) is 0.111. The summed E-state index contributed by atoms with van der Waals surface area (Å²) in [4.78, 5) is 10.0. The topological polar surface area (TPSA) is 69.4 Å². The number of ether oxygens (including phenoxy) is 1. The van der Waals surface area contributed by atoms with E-state index in [2.05, 4.69) is 4.74 Å². The molecule has 5 heteroatoms. The summed E-state index contributed by atoms with van der Waals surface area (Å²) in [6.07, 6.45) is 0. The molecule has 0 aromatic rings. The molecule has 44 valence electrons. The summed E-state index contributed by atoms with van der Waals surface area (Å²) in [5.41, 5.74) is 4.79. The van der Waals surface area contributed by atoms with Gasteiger partial charge in [0.05, 0.1) is 0 Å². The summed E-state index contributed by atoms with van der Waals surface area (Å²) in [5, 5.41) is 0. The minimum absolute atomic E-state index is 0.220. The van der Waals surface area contributed by atoms with Gasteiger partial charge in [-0.05, 0) is 0 Å². The van der Waals surface area contributed by atoms with Gasteiger partial charge in [0.25, 0.3) is 0 Å². The molecule has 0 fully saturated rings. The molecule has 0 saturated heterocycles. The first kappa shape index (κ1) is 7.44. The van der Waals surface area contributed by atoms with E-state index in [0.29, 0.717) is 0 Å². The maximum absolute atomic E-state index is 10.0. The van der Waals surface area contributed by atoms with Crippen molar-refractivity contribution >= 4 is 13.9 Å². The van der Waals surface area contributed by atoms with Gasteiger partial charge < -0.3 is 0 Å². The van der Waals surface area contributed by atoms with Crippen molar-refractivity contribution in [3.05, 3.63) is 0 Å². The average Bonchev–Trinajstić information content (AvgIpc) is 1.83. The molecular weight excluding hydrogens is 129 g/mol. The van der Waals surface area contributed by atoms with E-state index in [9.17, 15) is 9.36 Å². The molecule has 0 bridgehead atoms. The average molecular weight is 133 g/mol. The van der Waals surface area contributed by atoms with Gasteiger partial charge in [0.15, 0.2) is 0 Å². The SMILES string of the molecule is NCC(=O)OC#P=O. The Bertz CT molecular complexity index is 170. The third kappa shape index (κ3) is 3.62. The van der Waals surface area contributed by atoms with Gasteiger partial charge in [0.2, 0.25) is 0 Å². The number of esters is 1. The van der Waals surface area contributed by atoms with E-state index in [1.807, 2.05) is 0 Å². The molecule has 0 spiro atoms. The third-order valence-corrected chi connectivity index (χ3v) is 0.529. The Labute approximate surface area is 47.1 Å². The van der Waals surface area contributed by atoms with Crippen LogP contribution in [0.25, 0.3) is 0 Å². The molecule has 0 radical (unpaired) electrons. The molecule has 0 atom stereocenters. The second-order valence-corrected chi connectivity index (χ2v) is 1.23. The number of nitrogens with two attached hydrogens (primary N) is 1. The van der Waals surface area contributed by atoms with Gasteiger partial charge in [-0.1, -0.05) is 0 Å². The molecule has 0 amide bonds. The molecule has 8 heavy (non-hydrogen) atoms. The van der Waals surface area contributed by atoms with Gasteiger partial charge in [0, 0.05) is 0 Å². The van der Waals surface area contributed by atoms with Gasteiger partial charge >= 0.3 is 46.1 Å². The van der Waals surface area contributed by atoms with Crippen molar-refractivity contribution < 1.29 is 14.1 Å². The van der Waals surface area contributed by atoms with Crippen LogP contribution in [0.1, 0.15) is 0 Å². The van der Waals surface area contributed by atoms with Crippen LogP contribution in [0.15, 0.2) is 0 Å². The molecule has 0 aliphatic heterocycles. The molecule has 0 saturated carbocycles. The van der Waals surface area contributed by atoms with Crippen molar-refractivity contribution in [3.63, 3.8) is 0 Å². The van der Waals surface area contributed by atoms with E-state index in [1.54, 1.807) is 5.81 Å². The van der Waals surface area contributed by atoms with Crippen molar-refractivity contribution in [1.82, 2.24) is 0 Å². The van der Waals surface area contributed by atoms with E-state index >= 15 is 0 Å². The zero-order valence-corrected chi connectivity index (χ0v) is 4.85. The normalized spacial score (nSPS) is 7.12. The van der Waals surface area contributed by atoms with Crippen molar-refractivity contribution in [3.8, 4) is 5.81 Å². The molecule has 0 unspecified atom stereocenters. The molecular formula is C3H4NO3P. The van der Waals surface area contributed by atoms with Crippen LogP contribution in [-0.4, -0.2) is 12.5 Å². The Hall–Kier alpha value is -0.560. The molecule has 0 heterocycles.